The molecule has 0 aromatic heterocycles. The summed E-state index contributed by atoms with van der Waals surface area (Å²) >= 11 is 0. The van der Waals surface area contributed by atoms with E-state index in [2.05, 4.69) is 6.58 Å². The van der Waals surface area contributed by atoms with E-state index in [9.17, 15) is 9.59 Å². The van der Waals surface area contributed by atoms with Gasteiger partial charge in [0.05, 0.1) is 0 Å². The SMILES string of the molecule is C=C[C@]1(OC(=O)O)CCCN1C(=O)OC(C)(C)C. The van der Waals surface area contributed by atoms with Gasteiger partial charge < -0.3 is 14.6 Å². The molecule has 0 unspecified atom stereocenters. The molecule has 1 N–H and O–H groups in total. The van der Waals surface area contributed by atoms with Crippen LogP contribution in [0.4, 0.5) is 9.59 Å². The van der Waals surface area contributed by atoms with Gasteiger partial charge in [0.2, 0.25) is 5.72 Å². The first-order valence-corrected chi connectivity index (χ1v) is 5.76. The van der Waals surface area contributed by atoms with Crippen LogP contribution in [-0.2, 0) is 9.47 Å². The second kappa shape index (κ2) is 4.88. The fourth-order valence-corrected chi connectivity index (χ4v) is 1.89. The molecular weight excluding hydrogens is 238 g/mol. The molecule has 102 valence electrons. The molecule has 6 nitrogen and oxygen atoms in total. The zero-order chi connectivity index (χ0) is 14.0. The Morgan fingerprint density at radius 3 is 2.50 bits per heavy atom. The molecule has 1 aliphatic rings. The van der Waals surface area contributed by atoms with Crippen molar-refractivity contribution in [3.63, 3.8) is 0 Å². The zero-order valence-electron chi connectivity index (χ0n) is 10.9. The van der Waals surface area contributed by atoms with E-state index in [1.807, 2.05) is 0 Å². The Morgan fingerprint density at radius 1 is 1.44 bits per heavy atom. The van der Waals surface area contributed by atoms with Crippen LogP contribution in [0.25, 0.3) is 0 Å². The molecule has 1 fully saturated rings. The van der Waals surface area contributed by atoms with Crippen LogP contribution in [0.5, 0.6) is 0 Å². The van der Waals surface area contributed by atoms with Crippen molar-refractivity contribution in [2.45, 2.75) is 44.9 Å². The summed E-state index contributed by atoms with van der Waals surface area (Å²) in [4.78, 5) is 24.0. The predicted molar refractivity (Wildman–Crippen MR) is 64.2 cm³/mol. The fourth-order valence-electron chi connectivity index (χ4n) is 1.89. The lowest BCUT2D eigenvalue weighted by Gasteiger charge is -2.35. The van der Waals surface area contributed by atoms with Gasteiger partial charge in [0.25, 0.3) is 0 Å². The highest BCUT2D eigenvalue weighted by atomic mass is 16.7. The van der Waals surface area contributed by atoms with Gasteiger partial charge in [-0.1, -0.05) is 6.58 Å². The molecule has 1 aliphatic heterocycles. The van der Waals surface area contributed by atoms with E-state index in [-0.39, 0.29) is 0 Å². The minimum Gasteiger partial charge on any atom is -0.450 e. The molecule has 0 bridgehead atoms. The number of amides is 1. The molecule has 0 spiro atoms. The first kappa shape index (κ1) is 14.3. The molecule has 0 aliphatic carbocycles. The summed E-state index contributed by atoms with van der Waals surface area (Å²) in [7, 11) is 0. The maximum absolute atomic E-state index is 12.0. The third-order valence-corrected chi connectivity index (χ3v) is 2.57. The highest BCUT2D eigenvalue weighted by molar-refractivity contribution is 5.70. The number of carbonyl (C=O) groups excluding carboxylic acids is 1. The van der Waals surface area contributed by atoms with Crippen molar-refractivity contribution in [2.24, 2.45) is 0 Å². The topological polar surface area (TPSA) is 76.1 Å². The van der Waals surface area contributed by atoms with Crippen molar-refractivity contribution in [3.05, 3.63) is 12.7 Å². The maximum Gasteiger partial charge on any atom is 0.508 e. The van der Waals surface area contributed by atoms with E-state index >= 15 is 0 Å². The molecule has 1 amide bonds. The Kier molecular flexibility index (Phi) is 3.88. The van der Waals surface area contributed by atoms with Gasteiger partial charge in [0.1, 0.15) is 5.60 Å². The van der Waals surface area contributed by atoms with Gasteiger partial charge in [0, 0.05) is 13.0 Å². The number of rotatable bonds is 2. The monoisotopic (exact) mass is 257 g/mol. The predicted octanol–water partition coefficient (Wildman–Crippen LogP) is 2.59. The minimum atomic E-state index is -1.44. The van der Waals surface area contributed by atoms with Crippen LogP contribution in [-0.4, -0.2) is 40.1 Å². The van der Waals surface area contributed by atoms with E-state index in [1.165, 1.54) is 11.0 Å². The molecule has 0 saturated carbocycles. The molecule has 6 heteroatoms. The van der Waals surface area contributed by atoms with Crippen molar-refractivity contribution in [3.8, 4) is 0 Å². The third kappa shape index (κ3) is 3.15. The van der Waals surface area contributed by atoms with Gasteiger partial charge in [-0.3, -0.25) is 4.90 Å². The number of carbonyl (C=O) groups is 2. The molecule has 0 radical (unpaired) electrons. The number of nitrogens with zero attached hydrogens (tertiary/aromatic N) is 1. The smallest absolute Gasteiger partial charge is 0.450 e. The first-order valence-electron chi connectivity index (χ1n) is 5.76. The van der Waals surface area contributed by atoms with E-state index in [0.29, 0.717) is 19.4 Å². The summed E-state index contributed by atoms with van der Waals surface area (Å²) in [5, 5.41) is 8.75. The molecule has 18 heavy (non-hydrogen) atoms. The number of likely N-dealkylation sites (tertiary alicyclic amines) is 1. The average Bonchev–Trinajstić information content (AvgIpc) is 2.58. The van der Waals surface area contributed by atoms with Crippen LogP contribution in [0.1, 0.15) is 33.6 Å². The van der Waals surface area contributed by atoms with Crippen molar-refractivity contribution >= 4 is 12.2 Å². The Balaban J connectivity index is 2.89. The van der Waals surface area contributed by atoms with Crippen molar-refractivity contribution < 1.29 is 24.2 Å². The Bertz CT molecular complexity index is 360. The van der Waals surface area contributed by atoms with Gasteiger partial charge >= 0.3 is 12.2 Å². The highest BCUT2D eigenvalue weighted by Gasteiger charge is 2.46. The summed E-state index contributed by atoms with van der Waals surface area (Å²) in [5.74, 6) is 0. The lowest BCUT2D eigenvalue weighted by Crippen LogP contribution is -2.50. The molecule has 1 saturated heterocycles. The van der Waals surface area contributed by atoms with Crippen LogP contribution in [0, 0.1) is 0 Å². The maximum atomic E-state index is 12.0. The second-order valence-electron chi connectivity index (χ2n) is 5.15. The normalized spacial score (nSPS) is 23.6. The zero-order valence-corrected chi connectivity index (χ0v) is 10.9. The van der Waals surface area contributed by atoms with Crippen molar-refractivity contribution in [1.82, 2.24) is 4.90 Å². The molecule has 1 atom stereocenters. The van der Waals surface area contributed by atoms with Gasteiger partial charge in [0.15, 0.2) is 0 Å². The van der Waals surface area contributed by atoms with E-state index in [0.717, 1.165) is 0 Å². The van der Waals surface area contributed by atoms with Gasteiger partial charge in [-0.15, -0.1) is 0 Å². The lowest BCUT2D eigenvalue weighted by atomic mass is 10.1. The van der Waals surface area contributed by atoms with E-state index in [4.69, 9.17) is 14.6 Å². The van der Waals surface area contributed by atoms with Crippen LogP contribution in [0.2, 0.25) is 0 Å². The third-order valence-electron chi connectivity index (χ3n) is 2.57. The fraction of sp³-hybridized carbons (Fsp3) is 0.667. The van der Waals surface area contributed by atoms with Crippen molar-refractivity contribution in [1.29, 1.82) is 0 Å². The summed E-state index contributed by atoms with van der Waals surface area (Å²) in [6.07, 6.45) is 0.324. The largest absolute Gasteiger partial charge is 0.508 e. The van der Waals surface area contributed by atoms with Gasteiger partial charge in [-0.2, -0.15) is 0 Å². The summed E-state index contributed by atoms with van der Waals surface area (Å²) in [6.45, 7) is 9.18. The summed E-state index contributed by atoms with van der Waals surface area (Å²) in [6, 6.07) is 0. The van der Waals surface area contributed by atoms with E-state index < -0.39 is 23.6 Å². The van der Waals surface area contributed by atoms with Gasteiger partial charge in [-0.05, 0) is 33.3 Å². The average molecular weight is 257 g/mol. The number of carboxylic acid groups (broad SMARTS) is 1. The number of hydrogen-bond donors (Lipinski definition) is 1. The molecule has 0 aromatic rings. The molecule has 1 heterocycles. The molecule has 1 rings (SSSR count). The first-order chi connectivity index (χ1) is 8.20. The standard InChI is InChI=1S/C12H19NO5/c1-5-12(18-10(15)16)7-6-8-13(12)9(14)17-11(2,3)4/h5H,1,6-8H2,2-4H3,(H,15,16)/t12-/m0/s1. The molecule has 0 aromatic carbocycles. The lowest BCUT2D eigenvalue weighted by molar-refractivity contribution is -0.0739. The quantitative estimate of drug-likeness (QED) is 0.607. The Morgan fingerprint density at radius 2 is 2.06 bits per heavy atom. The van der Waals surface area contributed by atoms with Gasteiger partial charge in [-0.25, -0.2) is 9.59 Å². The number of hydrogen-bond acceptors (Lipinski definition) is 4. The Labute approximate surface area is 106 Å². The van der Waals surface area contributed by atoms with E-state index in [1.54, 1.807) is 20.8 Å². The van der Waals surface area contributed by atoms with Crippen LogP contribution in [0.3, 0.4) is 0 Å². The summed E-state index contributed by atoms with van der Waals surface area (Å²) < 4.78 is 10.0. The van der Waals surface area contributed by atoms with Crippen LogP contribution >= 0.6 is 0 Å². The Hall–Kier alpha value is -1.72. The molecular formula is C12H19NO5. The van der Waals surface area contributed by atoms with Crippen LogP contribution < -0.4 is 0 Å². The number of ether oxygens (including phenoxy) is 2. The van der Waals surface area contributed by atoms with Crippen LogP contribution in [0.15, 0.2) is 12.7 Å². The second-order valence-corrected chi connectivity index (χ2v) is 5.15. The minimum absolute atomic E-state index is 0.383. The highest BCUT2D eigenvalue weighted by Crippen LogP contribution is 2.33. The van der Waals surface area contributed by atoms with Crippen molar-refractivity contribution in [2.75, 3.05) is 6.54 Å². The summed E-state index contributed by atoms with van der Waals surface area (Å²) in [5.41, 5.74) is -1.95.